The van der Waals surface area contributed by atoms with Crippen molar-refractivity contribution < 1.29 is 9.21 Å². The third-order valence-corrected chi connectivity index (χ3v) is 3.73. The Morgan fingerprint density at radius 3 is 2.54 bits per heavy atom. The van der Waals surface area contributed by atoms with Gasteiger partial charge in [-0.1, -0.05) is 50.2 Å². The van der Waals surface area contributed by atoms with Crippen molar-refractivity contribution in [2.75, 3.05) is 5.32 Å². The van der Waals surface area contributed by atoms with E-state index in [-0.39, 0.29) is 5.91 Å². The first kappa shape index (κ1) is 15.9. The lowest BCUT2D eigenvalue weighted by Crippen LogP contribution is -2.33. The Balaban J connectivity index is 1.70. The average molecular weight is 321 g/mol. The highest BCUT2D eigenvalue weighted by Crippen LogP contribution is 2.26. The molecule has 2 heterocycles. The van der Waals surface area contributed by atoms with Crippen LogP contribution in [0.4, 0.5) is 5.82 Å². The molecule has 0 spiro atoms. The summed E-state index contributed by atoms with van der Waals surface area (Å²) in [5, 5.41) is 2.82. The van der Waals surface area contributed by atoms with Crippen LogP contribution in [0.2, 0.25) is 0 Å². The van der Waals surface area contributed by atoms with Crippen LogP contribution in [0, 0.1) is 5.41 Å². The second kappa shape index (κ2) is 6.66. The van der Waals surface area contributed by atoms with Crippen LogP contribution in [0.3, 0.4) is 0 Å². The molecule has 5 heteroatoms. The molecule has 1 amide bonds. The average Bonchev–Trinajstić information content (AvgIpc) is 3.04. The van der Waals surface area contributed by atoms with Gasteiger partial charge in [-0.05, 0) is 12.1 Å². The van der Waals surface area contributed by atoms with Crippen molar-refractivity contribution in [1.82, 2.24) is 9.97 Å². The van der Waals surface area contributed by atoms with Crippen LogP contribution in [0.1, 0.15) is 19.7 Å². The number of aromatic nitrogens is 2. The van der Waals surface area contributed by atoms with E-state index in [1.54, 1.807) is 24.5 Å². The van der Waals surface area contributed by atoms with Crippen molar-refractivity contribution in [2.45, 2.75) is 20.3 Å². The number of amides is 1. The van der Waals surface area contributed by atoms with Crippen molar-refractivity contribution in [3.63, 3.8) is 0 Å². The number of carbonyl (C=O) groups is 1. The maximum absolute atomic E-state index is 12.5. The lowest BCUT2D eigenvalue weighted by atomic mass is 9.88. The minimum absolute atomic E-state index is 0.124. The van der Waals surface area contributed by atoms with Gasteiger partial charge in [-0.2, -0.15) is 0 Å². The number of anilines is 1. The molecule has 0 saturated heterocycles. The Kier molecular flexibility index (Phi) is 4.42. The number of nitrogens with zero attached hydrogens (tertiary/aromatic N) is 2. The molecular formula is C19H19N3O2. The summed E-state index contributed by atoms with van der Waals surface area (Å²) >= 11 is 0. The van der Waals surface area contributed by atoms with Gasteiger partial charge in [-0.15, -0.1) is 0 Å². The summed E-state index contributed by atoms with van der Waals surface area (Å²) < 4.78 is 5.80. The maximum atomic E-state index is 12.5. The minimum Gasteiger partial charge on any atom is -0.441 e. The van der Waals surface area contributed by atoms with Gasteiger partial charge in [-0.25, -0.2) is 9.97 Å². The number of nitrogens with one attached hydrogen (secondary N) is 1. The quantitative estimate of drug-likeness (QED) is 0.773. The van der Waals surface area contributed by atoms with E-state index in [2.05, 4.69) is 15.3 Å². The molecule has 1 N–H and O–H groups in total. The molecule has 0 aliphatic rings. The molecule has 24 heavy (non-hydrogen) atoms. The van der Waals surface area contributed by atoms with Gasteiger partial charge < -0.3 is 9.73 Å². The first-order chi connectivity index (χ1) is 11.5. The summed E-state index contributed by atoms with van der Waals surface area (Å²) in [6.45, 7) is 3.72. The molecule has 0 aliphatic carbocycles. The zero-order valence-corrected chi connectivity index (χ0v) is 13.7. The normalized spacial score (nSPS) is 11.2. The van der Waals surface area contributed by atoms with Gasteiger partial charge >= 0.3 is 0 Å². The molecule has 0 bridgehead atoms. The van der Waals surface area contributed by atoms with Crippen molar-refractivity contribution in [1.29, 1.82) is 0 Å². The smallest absolute Gasteiger partial charge is 0.231 e. The maximum Gasteiger partial charge on any atom is 0.231 e. The monoisotopic (exact) mass is 321 g/mol. The van der Waals surface area contributed by atoms with E-state index in [4.69, 9.17) is 4.42 Å². The highest BCUT2D eigenvalue weighted by molar-refractivity contribution is 5.94. The number of oxazole rings is 1. The van der Waals surface area contributed by atoms with E-state index in [1.165, 1.54) is 0 Å². The van der Waals surface area contributed by atoms with Gasteiger partial charge in [0.05, 0.1) is 11.6 Å². The van der Waals surface area contributed by atoms with Crippen molar-refractivity contribution in [2.24, 2.45) is 5.41 Å². The molecular weight excluding hydrogens is 302 g/mol. The van der Waals surface area contributed by atoms with E-state index < -0.39 is 5.41 Å². The van der Waals surface area contributed by atoms with Crippen molar-refractivity contribution in [3.8, 4) is 11.3 Å². The Hall–Kier alpha value is -2.95. The Morgan fingerprint density at radius 2 is 1.83 bits per heavy atom. The zero-order valence-electron chi connectivity index (χ0n) is 13.7. The van der Waals surface area contributed by atoms with E-state index in [0.717, 1.165) is 5.56 Å². The summed E-state index contributed by atoms with van der Waals surface area (Å²) in [5.74, 6) is 1.65. The standard InChI is InChI=1S/C19H19N3O2/c1-19(2,18(23)22-16-10-6-7-11-20-16)12-17-21-13-15(24-17)14-8-4-3-5-9-14/h3-11,13H,12H2,1-2H3,(H,20,22,23). The van der Waals surface area contributed by atoms with E-state index in [0.29, 0.717) is 23.9 Å². The number of carbonyl (C=O) groups excluding carboxylic acids is 1. The molecule has 0 saturated carbocycles. The van der Waals surface area contributed by atoms with Crippen LogP contribution in [-0.4, -0.2) is 15.9 Å². The fourth-order valence-electron chi connectivity index (χ4n) is 2.31. The zero-order chi connectivity index (χ0) is 17.0. The first-order valence-corrected chi connectivity index (χ1v) is 7.77. The molecule has 1 aromatic carbocycles. The second-order valence-corrected chi connectivity index (χ2v) is 6.21. The minimum atomic E-state index is -0.670. The lowest BCUT2D eigenvalue weighted by molar-refractivity contribution is -0.124. The highest BCUT2D eigenvalue weighted by atomic mass is 16.4. The molecule has 0 aliphatic heterocycles. The van der Waals surface area contributed by atoms with Gasteiger partial charge in [0.15, 0.2) is 11.7 Å². The second-order valence-electron chi connectivity index (χ2n) is 6.21. The summed E-state index contributed by atoms with van der Waals surface area (Å²) in [6, 6.07) is 15.2. The third-order valence-electron chi connectivity index (χ3n) is 3.73. The SMILES string of the molecule is CC(C)(Cc1ncc(-c2ccccc2)o1)C(=O)Nc1ccccn1. The lowest BCUT2D eigenvalue weighted by Gasteiger charge is -2.21. The highest BCUT2D eigenvalue weighted by Gasteiger charge is 2.30. The number of hydrogen-bond acceptors (Lipinski definition) is 4. The Bertz CT molecular complexity index is 811. The van der Waals surface area contributed by atoms with Gasteiger partial charge in [0.2, 0.25) is 5.91 Å². The molecule has 5 nitrogen and oxygen atoms in total. The number of rotatable bonds is 5. The van der Waals surface area contributed by atoms with Crippen LogP contribution >= 0.6 is 0 Å². The van der Waals surface area contributed by atoms with E-state index in [9.17, 15) is 4.79 Å². The summed E-state index contributed by atoms with van der Waals surface area (Å²) in [7, 11) is 0. The number of pyridine rings is 1. The molecule has 3 aromatic rings. The van der Waals surface area contributed by atoms with Gasteiger partial charge in [0.25, 0.3) is 0 Å². The Morgan fingerprint density at radius 1 is 1.08 bits per heavy atom. The fourth-order valence-corrected chi connectivity index (χ4v) is 2.31. The topological polar surface area (TPSA) is 68.0 Å². The van der Waals surface area contributed by atoms with Crippen LogP contribution < -0.4 is 5.32 Å². The summed E-state index contributed by atoms with van der Waals surface area (Å²) in [6.07, 6.45) is 3.73. The van der Waals surface area contributed by atoms with Gasteiger partial charge in [0.1, 0.15) is 5.82 Å². The molecule has 0 atom stereocenters. The summed E-state index contributed by atoms with van der Waals surface area (Å²) in [4.78, 5) is 20.9. The predicted octanol–water partition coefficient (Wildman–Crippen LogP) is 3.94. The largest absolute Gasteiger partial charge is 0.441 e. The first-order valence-electron chi connectivity index (χ1n) is 7.77. The van der Waals surface area contributed by atoms with E-state index >= 15 is 0 Å². The molecule has 0 unspecified atom stereocenters. The van der Waals surface area contributed by atoms with Gasteiger partial charge in [0, 0.05) is 18.2 Å². The molecule has 122 valence electrons. The predicted molar refractivity (Wildman–Crippen MR) is 92.3 cm³/mol. The van der Waals surface area contributed by atoms with Crippen molar-refractivity contribution >= 4 is 11.7 Å². The van der Waals surface area contributed by atoms with Crippen molar-refractivity contribution in [3.05, 3.63) is 66.8 Å². The molecule has 2 aromatic heterocycles. The Labute approximate surface area is 140 Å². The van der Waals surface area contributed by atoms with Crippen LogP contribution in [0.15, 0.2) is 65.3 Å². The molecule has 3 rings (SSSR count). The van der Waals surface area contributed by atoms with Gasteiger partial charge in [-0.3, -0.25) is 4.79 Å². The van der Waals surface area contributed by atoms with Crippen LogP contribution in [-0.2, 0) is 11.2 Å². The van der Waals surface area contributed by atoms with E-state index in [1.807, 2.05) is 50.2 Å². The third kappa shape index (κ3) is 3.68. The molecule has 0 fully saturated rings. The fraction of sp³-hybridized carbons (Fsp3) is 0.211. The van der Waals surface area contributed by atoms with Crippen LogP contribution in [0.25, 0.3) is 11.3 Å². The molecule has 0 radical (unpaired) electrons. The number of benzene rings is 1. The summed E-state index contributed by atoms with van der Waals surface area (Å²) in [5.41, 5.74) is 0.295. The van der Waals surface area contributed by atoms with Crippen LogP contribution in [0.5, 0.6) is 0 Å². The number of hydrogen-bond donors (Lipinski definition) is 1.